The monoisotopic (exact) mass is 406 g/mol. The maximum absolute atomic E-state index is 13.3. The van der Waals surface area contributed by atoms with Gasteiger partial charge in [0, 0.05) is 19.6 Å². The molecule has 6 heteroatoms. The van der Waals surface area contributed by atoms with Gasteiger partial charge in [0.05, 0.1) is 11.2 Å². The molecule has 1 aromatic rings. The standard InChI is InChI=1S/C22H34N2O3S/c1-2-28(26,27)24-17-14-22(15-18-24,20-11-7-4-8-12-20)21(25)23-16-13-19-9-5-3-6-10-19/h4,7-8,11-12,19H,2-3,5-6,9-10,13-18H2,1H3,(H,23,25). The molecule has 1 aliphatic heterocycles. The Hall–Kier alpha value is -1.40. The third kappa shape index (κ3) is 4.77. The fourth-order valence-electron chi connectivity index (χ4n) is 4.77. The van der Waals surface area contributed by atoms with Gasteiger partial charge in [-0.3, -0.25) is 4.79 Å². The molecular formula is C22H34N2O3S. The predicted octanol–water partition coefficient (Wildman–Crippen LogP) is 3.46. The van der Waals surface area contributed by atoms with E-state index in [0.29, 0.717) is 25.9 Å². The van der Waals surface area contributed by atoms with Crippen LogP contribution in [0.5, 0.6) is 0 Å². The Morgan fingerprint density at radius 3 is 2.36 bits per heavy atom. The lowest BCUT2D eigenvalue weighted by molar-refractivity contribution is -0.128. The van der Waals surface area contributed by atoms with E-state index in [9.17, 15) is 13.2 Å². The molecule has 0 radical (unpaired) electrons. The van der Waals surface area contributed by atoms with Gasteiger partial charge < -0.3 is 5.32 Å². The second-order valence-corrected chi connectivity index (χ2v) is 10.6. The first kappa shape index (κ1) is 21.3. The highest BCUT2D eigenvalue weighted by atomic mass is 32.2. The van der Waals surface area contributed by atoms with Crippen LogP contribution in [0.1, 0.15) is 63.9 Å². The molecule has 156 valence electrons. The quantitative estimate of drug-likeness (QED) is 0.754. The second-order valence-electron chi connectivity index (χ2n) is 8.30. The maximum Gasteiger partial charge on any atom is 0.230 e. The SMILES string of the molecule is CCS(=O)(=O)N1CCC(C(=O)NCCC2CCCCC2)(c2ccccc2)CC1. The van der Waals surface area contributed by atoms with Crippen molar-refractivity contribution in [3.05, 3.63) is 35.9 Å². The van der Waals surface area contributed by atoms with Gasteiger partial charge in [0.2, 0.25) is 15.9 Å². The van der Waals surface area contributed by atoms with Crippen LogP contribution in [0.15, 0.2) is 30.3 Å². The van der Waals surface area contributed by atoms with Crippen LogP contribution in [-0.2, 0) is 20.2 Å². The van der Waals surface area contributed by atoms with Gasteiger partial charge in [-0.15, -0.1) is 0 Å². The average molecular weight is 407 g/mol. The lowest BCUT2D eigenvalue weighted by Crippen LogP contribution is -2.53. The van der Waals surface area contributed by atoms with Gasteiger partial charge in [0.15, 0.2) is 0 Å². The summed E-state index contributed by atoms with van der Waals surface area (Å²) in [5.41, 5.74) is 0.367. The summed E-state index contributed by atoms with van der Waals surface area (Å²) in [5.74, 6) is 0.903. The molecule has 1 heterocycles. The first-order chi connectivity index (χ1) is 13.5. The molecule has 0 atom stereocenters. The Kier molecular flexibility index (Phi) is 7.15. The van der Waals surface area contributed by atoms with E-state index < -0.39 is 15.4 Å². The van der Waals surface area contributed by atoms with Gasteiger partial charge >= 0.3 is 0 Å². The van der Waals surface area contributed by atoms with E-state index in [0.717, 1.165) is 24.4 Å². The van der Waals surface area contributed by atoms with E-state index in [-0.39, 0.29) is 11.7 Å². The smallest absolute Gasteiger partial charge is 0.230 e. The Labute approximate surface area is 169 Å². The van der Waals surface area contributed by atoms with Crippen LogP contribution in [0, 0.1) is 5.92 Å². The van der Waals surface area contributed by atoms with Crippen LogP contribution in [0.2, 0.25) is 0 Å². The molecule has 0 spiro atoms. The van der Waals surface area contributed by atoms with E-state index in [4.69, 9.17) is 0 Å². The molecule has 3 rings (SSSR count). The maximum atomic E-state index is 13.3. The number of nitrogens with zero attached hydrogens (tertiary/aromatic N) is 1. The van der Waals surface area contributed by atoms with Crippen molar-refractivity contribution in [2.45, 2.75) is 63.7 Å². The van der Waals surface area contributed by atoms with Crippen molar-refractivity contribution in [1.29, 1.82) is 0 Å². The number of nitrogens with one attached hydrogen (secondary N) is 1. The van der Waals surface area contributed by atoms with Gasteiger partial charge in [0.25, 0.3) is 0 Å². The minimum atomic E-state index is -3.21. The number of sulfonamides is 1. The molecule has 1 aliphatic carbocycles. The van der Waals surface area contributed by atoms with E-state index in [2.05, 4.69) is 5.32 Å². The molecule has 0 bridgehead atoms. The number of hydrogen-bond acceptors (Lipinski definition) is 3. The molecule has 2 fully saturated rings. The lowest BCUT2D eigenvalue weighted by Gasteiger charge is -2.40. The summed E-state index contributed by atoms with van der Waals surface area (Å²) in [5, 5.41) is 3.20. The van der Waals surface area contributed by atoms with Crippen LogP contribution in [0.3, 0.4) is 0 Å². The van der Waals surface area contributed by atoms with Crippen LogP contribution in [0.4, 0.5) is 0 Å². The first-order valence-electron chi connectivity index (χ1n) is 10.8. The summed E-state index contributed by atoms with van der Waals surface area (Å²) in [6, 6.07) is 9.88. The zero-order chi connectivity index (χ0) is 20.0. The Bertz CT molecular complexity index is 734. The molecule has 5 nitrogen and oxygen atoms in total. The third-order valence-electron chi connectivity index (χ3n) is 6.66. The van der Waals surface area contributed by atoms with Gasteiger partial charge in [-0.2, -0.15) is 0 Å². The largest absolute Gasteiger partial charge is 0.355 e. The molecule has 1 aromatic carbocycles. The zero-order valence-electron chi connectivity index (χ0n) is 17.0. The fourth-order valence-corrected chi connectivity index (χ4v) is 5.87. The minimum absolute atomic E-state index is 0.0584. The highest BCUT2D eigenvalue weighted by Crippen LogP contribution is 2.37. The highest BCUT2D eigenvalue weighted by molar-refractivity contribution is 7.89. The number of piperidine rings is 1. The molecule has 1 saturated carbocycles. The van der Waals surface area contributed by atoms with E-state index in [1.54, 1.807) is 11.2 Å². The number of carbonyl (C=O) groups excluding carboxylic acids is 1. The zero-order valence-corrected chi connectivity index (χ0v) is 17.8. The van der Waals surface area contributed by atoms with Crippen molar-refractivity contribution < 1.29 is 13.2 Å². The normalized spacial score (nSPS) is 21.3. The minimum Gasteiger partial charge on any atom is -0.355 e. The second kappa shape index (κ2) is 9.40. The molecule has 1 amide bonds. The molecule has 0 aromatic heterocycles. The van der Waals surface area contributed by atoms with Gasteiger partial charge in [-0.05, 0) is 37.7 Å². The summed E-state index contributed by atoms with van der Waals surface area (Å²) in [4.78, 5) is 13.3. The Morgan fingerprint density at radius 2 is 1.75 bits per heavy atom. The molecule has 0 unspecified atom stereocenters. The molecular weight excluding hydrogens is 372 g/mol. The number of rotatable bonds is 7. The van der Waals surface area contributed by atoms with Crippen molar-refractivity contribution in [3.63, 3.8) is 0 Å². The number of hydrogen-bond donors (Lipinski definition) is 1. The molecule has 28 heavy (non-hydrogen) atoms. The molecule has 2 aliphatic rings. The van der Waals surface area contributed by atoms with Gasteiger partial charge in [0.1, 0.15) is 0 Å². The fraction of sp³-hybridized carbons (Fsp3) is 0.682. The number of amides is 1. The third-order valence-corrected chi connectivity index (χ3v) is 8.54. The van der Waals surface area contributed by atoms with E-state index >= 15 is 0 Å². The average Bonchev–Trinajstić information content (AvgIpc) is 2.75. The van der Waals surface area contributed by atoms with Crippen molar-refractivity contribution >= 4 is 15.9 Å². The van der Waals surface area contributed by atoms with Crippen LogP contribution < -0.4 is 5.32 Å². The van der Waals surface area contributed by atoms with Crippen LogP contribution in [0.25, 0.3) is 0 Å². The Morgan fingerprint density at radius 1 is 1.11 bits per heavy atom. The van der Waals surface area contributed by atoms with Gasteiger partial charge in [-0.25, -0.2) is 12.7 Å². The summed E-state index contributed by atoms with van der Waals surface area (Å²) >= 11 is 0. The van der Waals surface area contributed by atoms with E-state index in [1.165, 1.54) is 32.1 Å². The molecule has 1 saturated heterocycles. The van der Waals surface area contributed by atoms with Crippen molar-refractivity contribution in [1.82, 2.24) is 9.62 Å². The topological polar surface area (TPSA) is 66.5 Å². The van der Waals surface area contributed by atoms with Crippen molar-refractivity contribution in [2.75, 3.05) is 25.4 Å². The van der Waals surface area contributed by atoms with Crippen LogP contribution >= 0.6 is 0 Å². The van der Waals surface area contributed by atoms with Crippen LogP contribution in [-0.4, -0.2) is 44.0 Å². The summed E-state index contributed by atoms with van der Waals surface area (Å²) < 4.78 is 26.0. The van der Waals surface area contributed by atoms with Gasteiger partial charge in [-0.1, -0.05) is 62.4 Å². The summed E-state index contributed by atoms with van der Waals surface area (Å²) in [6.07, 6.45) is 8.65. The van der Waals surface area contributed by atoms with E-state index in [1.807, 2.05) is 30.3 Å². The lowest BCUT2D eigenvalue weighted by atomic mass is 9.72. The molecule has 1 N–H and O–H groups in total. The van der Waals surface area contributed by atoms with Crippen molar-refractivity contribution in [2.24, 2.45) is 5.92 Å². The number of benzene rings is 1. The summed E-state index contributed by atoms with van der Waals surface area (Å²) in [7, 11) is -3.21. The Balaban J connectivity index is 1.68. The predicted molar refractivity (Wildman–Crippen MR) is 113 cm³/mol. The summed E-state index contributed by atoms with van der Waals surface area (Å²) in [6.45, 7) is 3.20. The first-order valence-corrected chi connectivity index (χ1v) is 12.4. The number of carbonyl (C=O) groups is 1. The highest BCUT2D eigenvalue weighted by Gasteiger charge is 2.44. The van der Waals surface area contributed by atoms with Crippen molar-refractivity contribution in [3.8, 4) is 0 Å².